The second-order valence-corrected chi connectivity index (χ2v) is 6.38. The Morgan fingerprint density at radius 1 is 1.32 bits per heavy atom. The van der Waals surface area contributed by atoms with Crippen LogP contribution in [0.15, 0.2) is 30.3 Å². The van der Waals surface area contributed by atoms with Crippen LogP contribution in [0, 0.1) is 12.7 Å². The molecule has 2 aromatic rings. The van der Waals surface area contributed by atoms with Gasteiger partial charge in [-0.3, -0.25) is 9.59 Å². The Kier molecular flexibility index (Phi) is 6.32. The fourth-order valence-electron chi connectivity index (χ4n) is 2.85. The summed E-state index contributed by atoms with van der Waals surface area (Å²) in [6.45, 7) is 5.76. The molecule has 1 amide bonds. The van der Waals surface area contributed by atoms with Crippen LogP contribution in [0.5, 0.6) is 0 Å². The van der Waals surface area contributed by atoms with Crippen LogP contribution < -0.4 is 4.90 Å². The van der Waals surface area contributed by atoms with E-state index in [1.165, 1.54) is 19.1 Å². The summed E-state index contributed by atoms with van der Waals surface area (Å²) < 4.78 is 13.8. The molecule has 2 aromatic carbocycles. The number of nitrogens with zero attached hydrogens (tertiary/aromatic N) is 1. The first-order valence-electron chi connectivity index (χ1n) is 8.22. The molecule has 0 aliphatic heterocycles. The Balaban J connectivity index is 2.83. The van der Waals surface area contributed by atoms with Crippen molar-refractivity contribution in [2.45, 2.75) is 33.6 Å². The molecule has 0 heterocycles. The van der Waals surface area contributed by atoms with Crippen molar-refractivity contribution in [1.82, 2.24) is 0 Å². The largest absolute Gasteiger partial charge is 0.314 e. The van der Waals surface area contributed by atoms with E-state index in [1.54, 1.807) is 30.0 Å². The van der Waals surface area contributed by atoms with Gasteiger partial charge in [-0.25, -0.2) is 4.39 Å². The zero-order valence-corrected chi connectivity index (χ0v) is 15.4. The van der Waals surface area contributed by atoms with E-state index in [0.717, 1.165) is 19.3 Å². The number of anilines is 1. The molecule has 2 rings (SSSR count). The SMILES string of the molecule is CCCCN(C=O)c1c(C)c(Cl)cc(C(C)=O)c1-c1cccc(F)c1. The highest BCUT2D eigenvalue weighted by Gasteiger charge is 2.23. The molecular weight excluding hydrogens is 341 g/mol. The van der Waals surface area contributed by atoms with E-state index < -0.39 is 5.82 Å². The second kappa shape index (κ2) is 8.26. The smallest absolute Gasteiger partial charge is 0.214 e. The van der Waals surface area contributed by atoms with Crippen molar-refractivity contribution >= 4 is 29.5 Å². The monoisotopic (exact) mass is 361 g/mol. The van der Waals surface area contributed by atoms with Crippen LogP contribution >= 0.6 is 11.6 Å². The topological polar surface area (TPSA) is 37.4 Å². The fourth-order valence-corrected chi connectivity index (χ4v) is 3.05. The number of carbonyl (C=O) groups is 2. The Hall–Kier alpha value is -2.20. The lowest BCUT2D eigenvalue weighted by atomic mass is 9.92. The second-order valence-electron chi connectivity index (χ2n) is 5.97. The number of benzene rings is 2. The van der Waals surface area contributed by atoms with Crippen molar-refractivity contribution in [3.63, 3.8) is 0 Å². The van der Waals surface area contributed by atoms with E-state index in [-0.39, 0.29) is 5.78 Å². The van der Waals surface area contributed by atoms with Gasteiger partial charge in [0.1, 0.15) is 5.82 Å². The first-order chi connectivity index (χ1) is 11.9. The third kappa shape index (κ3) is 4.07. The Morgan fingerprint density at radius 2 is 2.04 bits per heavy atom. The van der Waals surface area contributed by atoms with Gasteiger partial charge in [0.2, 0.25) is 6.41 Å². The average Bonchev–Trinajstić information content (AvgIpc) is 2.58. The van der Waals surface area contributed by atoms with Crippen molar-refractivity contribution in [1.29, 1.82) is 0 Å². The molecule has 0 aromatic heterocycles. The third-order valence-electron chi connectivity index (χ3n) is 4.15. The third-order valence-corrected chi connectivity index (χ3v) is 4.54. The van der Waals surface area contributed by atoms with E-state index in [9.17, 15) is 14.0 Å². The number of carbonyl (C=O) groups excluding carboxylic acids is 2. The zero-order valence-electron chi connectivity index (χ0n) is 14.6. The lowest BCUT2D eigenvalue weighted by molar-refractivity contribution is -0.107. The van der Waals surface area contributed by atoms with Gasteiger partial charge in [-0.05, 0) is 49.6 Å². The minimum atomic E-state index is -0.406. The van der Waals surface area contributed by atoms with E-state index in [4.69, 9.17) is 11.6 Å². The Bertz CT molecular complexity index is 805. The molecule has 0 unspecified atom stereocenters. The molecule has 3 nitrogen and oxygen atoms in total. The molecule has 0 spiro atoms. The van der Waals surface area contributed by atoms with Crippen molar-refractivity contribution in [3.8, 4) is 11.1 Å². The summed E-state index contributed by atoms with van der Waals surface area (Å²) in [4.78, 5) is 25.5. The van der Waals surface area contributed by atoms with Gasteiger partial charge in [0.25, 0.3) is 0 Å². The number of unbranched alkanes of at least 4 members (excludes halogenated alkanes) is 1. The van der Waals surface area contributed by atoms with E-state index >= 15 is 0 Å². The van der Waals surface area contributed by atoms with Crippen LogP contribution in [0.2, 0.25) is 5.02 Å². The molecule has 0 radical (unpaired) electrons. The number of hydrogen-bond donors (Lipinski definition) is 0. The Morgan fingerprint density at radius 3 is 2.60 bits per heavy atom. The summed E-state index contributed by atoms with van der Waals surface area (Å²) >= 11 is 6.32. The molecule has 0 atom stereocenters. The summed E-state index contributed by atoms with van der Waals surface area (Å²) in [5, 5.41) is 0.406. The molecule has 25 heavy (non-hydrogen) atoms. The van der Waals surface area contributed by atoms with E-state index in [0.29, 0.717) is 39.5 Å². The summed E-state index contributed by atoms with van der Waals surface area (Å²) in [6, 6.07) is 7.60. The van der Waals surface area contributed by atoms with Crippen molar-refractivity contribution in [3.05, 3.63) is 52.3 Å². The number of halogens is 2. The normalized spacial score (nSPS) is 10.6. The van der Waals surface area contributed by atoms with Crippen LogP contribution in [0.4, 0.5) is 10.1 Å². The van der Waals surface area contributed by atoms with E-state index in [2.05, 4.69) is 0 Å². The molecule has 0 saturated carbocycles. The zero-order chi connectivity index (χ0) is 18.6. The molecule has 0 aliphatic rings. The van der Waals surface area contributed by atoms with Crippen LogP contribution in [0.3, 0.4) is 0 Å². The number of amides is 1. The van der Waals surface area contributed by atoms with Gasteiger partial charge in [-0.1, -0.05) is 37.1 Å². The van der Waals surface area contributed by atoms with Crippen LogP contribution in [0.1, 0.15) is 42.6 Å². The minimum Gasteiger partial charge on any atom is -0.314 e. The van der Waals surface area contributed by atoms with Crippen molar-refractivity contribution < 1.29 is 14.0 Å². The van der Waals surface area contributed by atoms with Crippen LogP contribution in [-0.4, -0.2) is 18.7 Å². The highest BCUT2D eigenvalue weighted by Crippen LogP contribution is 2.40. The van der Waals surface area contributed by atoms with Crippen LogP contribution in [-0.2, 0) is 4.79 Å². The highest BCUT2D eigenvalue weighted by molar-refractivity contribution is 6.32. The van der Waals surface area contributed by atoms with Gasteiger partial charge in [-0.2, -0.15) is 0 Å². The summed E-state index contributed by atoms with van der Waals surface area (Å²) in [6.07, 6.45) is 2.46. The summed E-state index contributed by atoms with van der Waals surface area (Å²) in [7, 11) is 0. The summed E-state index contributed by atoms with van der Waals surface area (Å²) in [5.41, 5.74) is 2.71. The molecule has 0 aliphatic carbocycles. The van der Waals surface area contributed by atoms with Crippen LogP contribution in [0.25, 0.3) is 11.1 Å². The summed E-state index contributed by atoms with van der Waals surface area (Å²) in [5.74, 6) is -0.597. The Labute approximate surface area is 152 Å². The van der Waals surface area contributed by atoms with Gasteiger partial charge in [0.15, 0.2) is 5.78 Å². The number of ketones is 1. The molecule has 0 N–H and O–H groups in total. The van der Waals surface area contributed by atoms with Gasteiger partial charge >= 0.3 is 0 Å². The van der Waals surface area contributed by atoms with Gasteiger partial charge in [-0.15, -0.1) is 0 Å². The lowest BCUT2D eigenvalue weighted by Gasteiger charge is -2.25. The molecule has 0 bridgehead atoms. The standard InChI is InChI=1S/C20H21ClFNO2/c1-4-5-9-23(12-24)20-13(2)18(21)11-17(14(3)25)19(20)15-7-6-8-16(22)10-15/h6-8,10-12H,4-5,9H2,1-3H3. The maximum Gasteiger partial charge on any atom is 0.214 e. The predicted molar refractivity (Wildman–Crippen MR) is 99.9 cm³/mol. The number of rotatable bonds is 7. The lowest BCUT2D eigenvalue weighted by Crippen LogP contribution is -2.24. The predicted octanol–water partition coefficient (Wildman–Crippen LogP) is 5.42. The quantitative estimate of drug-likeness (QED) is 0.487. The number of Topliss-reactive ketones (excluding diaryl/α,β-unsaturated/α-hetero) is 1. The molecule has 0 fully saturated rings. The number of hydrogen-bond acceptors (Lipinski definition) is 2. The average molecular weight is 362 g/mol. The van der Waals surface area contributed by atoms with E-state index in [1.807, 2.05) is 6.92 Å². The van der Waals surface area contributed by atoms with Gasteiger partial charge in [0.05, 0.1) is 5.69 Å². The molecule has 5 heteroatoms. The van der Waals surface area contributed by atoms with Gasteiger partial charge < -0.3 is 4.90 Å². The molecule has 0 saturated heterocycles. The van der Waals surface area contributed by atoms with Crippen molar-refractivity contribution in [2.24, 2.45) is 0 Å². The maximum atomic E-state index is 13.8. The molecular formula is C20H21ClFNO2. The highest BCUT2D eigenvalue weighted by atomic mass is 35.5. The first kappa shape index (κ1) is 19.1. The molecule has 132 valence electrons. The van der Waals surface area contributed by atoms with Gasteiger partial charge in [0, 0.05) is 22.7 Å². The fraction of sp³-hybridized carbons (Fsp3) is 0.300. The van der Waals surface area contributed by atoms with Crippen molar-refractivity contribution in [2.75, 3.05) is 11.4 Å². The minimum absolute atomic E-state index is 0.191. The first-order valence-corrected chi connectivity index (χ1v) is 8.60. The maximum absolute atomic E-state index is 13.8.